The molecule has 0 aromatic rings. The van der Waals surface area contributed by atoms with Crippen LogP contribution < -0.4 is 18.9 Å². The minimum atomic E-state index is -1.67. The number of hydrogen-bond acceptors (Lipinski definition) is 6. The van der Waals surface area contributed by atoms with Gasteiger partial charge in [-0.2, -0.15) is 0 Å². The fraction of sp³-hybridized carbons (Fsp3) is 1.00. The smallest absolute Gasteiger partial charge is 1.00 e. The van der Waals surface area contributed by atoms with Gasteiger partial charge in [0.1, 0.15) is 24.4 Å². The van der Waals surface area contributed by atoms with Crippen LogP contribution in [0.5, 0.6) is 0 Å². The van der Waals surface area contributed by atoms with Gasteiger partial charge in [0.05, 0.1) is 13.2 Å². The average Bonchev–Trinajstić information content (AvgIpc) is 2.12. The third kappa shape index (κ3) is 4.95. The van der Waals surface area contributed by atoms with E-state index in [-0.39, 0.29) is 20.3 Å². The summed E-state index contributed by atoms with van der Waals surface area (Å²) in [6.07, 6.45) is -6.39. The molecule has 13 heavy (non-hydrogen) atoms. The topological polar surface area (TPSA) is 121 Å². The number of rotatable bonds is 5. The van der Waals surface area contributed by atoms with Crippen LogP contribution in [0, 0.1) is 0 Å². The van der Waals surface area contributed by atoms with Crippen LogP contribution in [0.3, 0.4) is 0 Å². The van der Waals surface area contributed by atoms with Gasteiger partial charge < -0.3 is 32.1 Å². The van der Waals surface area contributed by atoms with Gasteiger partial charge >= 0.3 is 18.9 Å². The Morgan fingerprint density at radius 3 is 1.15 bits per heavy atom. The molecule has 4 atom stereocenters. The van der Waals surface area contributed by atoms with Crippen LogP contribution in [0.25, 0.3) is 0 Å². The maximum atomic E-state index is 8.96. The summed E-state index contributed by atoms with van der Waals surface area (Å²) >= 11 is 0. The van der Waals surface area contributed by atoms with E-state index in [9.17, 15) is 0 Å². The second-order valence-electron chi connectivity index (χ2n) is 2.48. The second kappa shape index (κ2) is 7.73. The molecule has 0 aliphatic carbocycles. The molecule has 0 saturated carbocycles. The molecular formula is C6H15LiO6. The van der Waals surface area contributed by atoms with E-state index >= 15 is 0 Å². The van der Waals surface area contributed by atoms with E-state index in [0.717, 1.165) is 0 Å². The Bertz CT molecular complexity index is 115. The van der Waals surface area contributed by atoms with Crippen LogP contribution >= 0.6 is 0 Å². The van der Waals surface area contributed by atoms with Crippen molar-refractivity contribution in [3.8, 4) is 0 Å². The van der Waals surface area contributed by atoms with Crippen LogP contribution in [0.2, 0.25) is 0 Å². The standard InChI is InChI=1S/C6H14O6.Li.H/c7-1-3(9)5(11)6(12)4(10)2-8;;/h3-12H,1-2H2;;/q;+1;-1/t3-,4+,5-,6-;;/m1../s1. The number of aliphatic hydroxyl groups is 6. The van der Waals surface area contributed by atoms with E-state index in [1.165, 1.54) is 0 Å². The largest absolute Gasteiger partial charge is 1.00 e. The minimum Gasteiger partial charge on any atom is -1.00 e. The predicted octanol–water partition coefficient (Wildman–Crippen LogP) is -6.47. The Kier molecular flexibility index (Phi) is 9.41. The molecule has 0 radical (unpaired) electrons. The van der Waals surface area contributed by atoms with Crippen molar-refractivity contribution in [2.24, 2.45) is 0 Å². The Morgan fingerprint density at radius 2 is 1.00 bits per heavy atom. The van der Waals surface area contributed by atoms with Crippen molar-refractivity contribution in [2.75, 3.05) is 13.2 Å². The molecule has 0 unspecified atom stereocenters. The Morgan fingerprint density at radius 1 is 0.769 bits per heavy atom. The van der Waals surface area contributed by atoms with Crippen molar-refractivity contribution in [2.45, 2.75) is 24.4 Å². The number of aliphatic hydroxyl groups excluding tert-OH is 6. The summed E-state index contributed by atoms with van der Waals surface area (Å²) in [7, 11) is 0. The van der Waals surface area contributed by atoms with Gasteiger partial charge in [0.15, 0.2) is 0 Å². The van der Waals surface area contributed by atoms with Gasteiger partial charge in [-0.3, -0.25) is 0 Å². The third-order valence-corrected chi connectivity index (χ3v) is 1.51. The molecule has 0 aromatic heterocycles. The summed E-state index contributed by atoms with van der Waals surface area (Å²) in [6.45, 7) is -1.45. The van der Waals surface area contributed by atoms with Crippen LogP contribution in [-0.4, -0.2) is 68.3 Å². The maximum Gasteiger partial charge on any atom is 1.00 e. The monoisotopic (exact) mass is 190 g/mol. The fourth-order valence-corrected chi connectivity index (χ4v) is 0.671. The van der Waals surface area contributed by atoms with E-state index in [0.29, 0.717) is 0 Å². The van der Waals surface area contributed by atoms with Crippen LogP contribution in [-0.2, 0) is 0 Å². The first-order chi connectivity index (χ1) is 5.54. The normalized spacial score (nSPS) is 19.8. The maximum absolute atomic E-state index is 8.96. The molecule has 0 spiro atoms. The van der Waals surface area contributed by atoms with Crippen LogP contribution in [0.15, 0.2) is 0 Å². The quantitative estimate of drug-likeness (QED) is 0.240. The van der Waals surface area contributed by atoms with E-state index in [2.05, 4.69) is 0 Å². The molecule has 76 valence electrons. The predicted molar refractivity (Wildman–Crippen MR) is 39.3 cm³/mol. The van der Waals surface area contributed by atoms with Crippen molar-refractivity contribution in [3.63, 3.8) is 0 Å². The summed E-state index contributed by atoms with van der Waals surface area (Å²) < 4.78 is 0. The zero-order valence-electron chi connectivity index (χ0n) is 8.41. The molecule has 0 bridgehead atoms. The van der Waals surface area contributed by atoms with E-state index in [4.69, 9.17) is 30.6 Å². The first-order valence-corrected chi connectivity index (χ1v) is 3.48. The van der Waals surface area contributed by atoms with Gasteiger partial charge in [0.2, 0.25) is 0 Å². The first kappa shape index (κ1) is 15.8. The van der Waals surface area contributed by atoms with Crippen LogP contribution in [0.4, 0.5) is 0 Å². The Hall–Kier alpha value is 0.357. The summed E-state index contributed by atoms with van der Waals surface area (Å²) in [4.78, 5) is 0. The summed E-state index contributed by atoms with van der Waals surface area (Å²) in [5.74, 6) is 0. The minimum absolute atomic E-state index is 0. The molecule has 7 heteroatoms. The van der Waals surface area contributed by atoms with Gasteiger partial charge in [0, 0.05) is 0 Å². The van der Waals surface area contributed by atoms with Gasteiger partial charge in [-0.05, 0) is 0 Å². The molecule has 6 N–H and O–H groups in total. The van der Waals surface area contributed by atoms with Gasteiger partial charge in [-0.25, -0.2) is 0 Å². The fourth-order valence-electron chi connectivity index (χ4n) is 0.671. The molecule has 6 nitrogen and oxygen atoms in total. The SMILES string of the molecule is OC[C@@H](O)[C@@H](O)[C@H](O)[C@@H](O)CO.[H-].[Li+]. The average molecular weight is 190 g/mol. The molecule has 0 fully saturated rings. The second-order valence-corrected chi connectivity index (χ2v) is 2.48. The van der Waals surface area contributed by atoms with Crippen molar-refractivity contribution >= 4 is 0 Å². The summed E-state index contributed by atoms with van der Waals surface area (Å²) in [5, 5.41) is 52.2. The zero-order valence-corrected chi connectivity index (χ0v) is 7.41. The van der Waals surface area contributed by atoms with Crippen molar-refractivity contribution in [1.29, 1.82) is 0 Å². The molecule has 0 aromatic carbocycles. The van der Waals surface area contributed by atoms with Gasteiger partial charge in [0.25, 0.3) is 0 Å². The van der Waals surface area contributed by atoms with Crippen molar-refractivity contribution in [1.82, 2.24) is 0 Å². The van der Waals surface area contributed by atoms with Gasteiger partial charge in [-0.1, -0.05) is 0 Å². The van der Waals surface area contributed by atoms with E-state index in [1.807, 2.05) is 0 Å². The molecule has 0 amide bonds. The summed E-state index contributed by atoms with van der Waals surface area (Å²) in [5.41, 5.74) is 0. The van der Waals surface area contributed by atoms with E-state index in [1.54, 1.807) is 0 Å². The Labute approximate surface area is 89.1 Å². The first-order valence-electron chi connectivity index (χ1n) is 3.48. The zero-order chi connectivity index (χ0) is 9.72. The van der Waals surface area contributed by atoms with Crippen molar-refractivity contribution in [3.05, 3.63) is 0 Å². The van der Waals surface area contributed by atoms with Crippen LogP contribution in [0.1, 0.15) is 1.43 Å². The Balaban J connectivity index is -0.000000605. The van der Waals surface area contributed by atoms with Gasteiger partial charge in [-0.15, -0.1) is 0 Å². The molecule has 0 rings (SSSR count). The summed E-state index contributed by atoms with van der Waals surface area (Å²) in [6, 6.07) is 0. The van der Waals surface area contributed by atoms with E-state index < -0.39 is 37.6 Å². The molecular weight excluding hydrogens is 175 g/mol. The number of hydrogen-bond donors (Lipinski definition) is 6. The van der Waals surface area contributed by atoms with Crippen molar-refractivity contribution < 1.29 is 50.9 Å². The molecule has 0 aliphatic rings. The molecule has 0 aliphatic heterocycles. The molecule has 0 heterocycles. The third-order valence-electron chi connectivity index (χ3n) is 1.51. The molecule has 0 saturated heterocycles.